The summed E-state index contributed by atoms with van der Waals surface area (Å²) in [4.78, 5) is 0. The van der Waals surface area contributed by atoms with Crippen LogP contribution >= 0.6 is 0 Å². The molecule has 0 bridgehead atoms. The third-order valence-electron chi connectivity index (χ3n) is 2.19. The predicted molar refractivity (Wildman–Crippen MR) is 61.3 cm³/mol. The van der Waals surface area contributed by atoms with E-state index in [0.29, 0.717) is 5.71 Å². The van der Waals surface area contributed by atoms with E-state index in [1.807, 2.05) is 42.5 Å². The van der Waals surface area contributed by atoms with Gasteiger partial charge in [0.25, 0.3) is 0 Å². The van der Waals surface area contributed by atoms with Crippen molar-refractivity contribution >= 4 is 5.71 Å². The van der Waals surface area contributed by atoms with Crippen LogP contribution in [0.5, 0.6) is 5.75 Å². The van der Waals surface area contributed by atoms with Crippen molar-refractivity contribution in [1.82, 2.24) is 0 Å². The minimum atomic E-state index is 0.651. The molecule has 1 aliphatic carbocycles. The normalized spacial score (nSPS) is 15.7. The first kappa shape index (κ1) is 9.71. The van der Waals surface area contributed by atoms with E-state index in [0.717, 1.165) is 24.4 Å². The van der Waals surface area contributed by atoms with Crippen LogP contribution in [-0.4, -0.2) is 5.71 Å². The standard InChI is InChI=1S/C13H13NO/c14-11-5-4-8-13(10-9-11)15-12-6-2-1-3-7-12/h1-3,6-10,14H,4-5H2. The van der Waals surface area contributed by atoms with Crippen LogP contribution in [-0.2, 0) is 0 Å². The molecule has 1 aliphatic rings. The number of allylic oxidation sites excluding steroid dienone is 3. The first-order chi connectivity index (χ1) is 7.34. The molecule has 15 heavy (non-hydrogen) atoms. The van der Waals surface area contributed by atoms with E-state index in [1.165, 1.54) is 0 Å². The van der Waals surface area contributed by atoms with E-state index in [9.17, 15) is 0 Å². The molecule has 0 saturated carbocycles. The smallest absolute Gasteiger partial charge is 0.127 e. The Bertz CT molecular complexity index is 404. The maximum absolute atomic E-state index is 7.52. The third-order valence-corrected chi connectivity index (χ3v) is 2.19. The summed E-state index contributed by atoms with van der Waals surface area (Å²) in [5.41, 5.74) is 0.651. The summed E-state index contributed by atoms with van der Waals surface area (Å²) in [5.74, 6) is 1.66. The van der Waals surface area contributed by atoms with E-state index in [2.05, 4.69) is 0 Å². The van der Waals surface area contributed by atoms with Gasteiger partial charge < -0.3 is 10.1 Å². The molecule has 1 aromatic rings. The van der Waals surface area contributed by atoms with E-state index < -0.39 is 0 Å². The Hall–Kier alpha value is -1.83. The molecule has 0 spiro atoms. The summed E-state index contributed by atoms with van der Waals surface area (Å²) in [7, 11) is 0. The zero-order valence-corrected chi connectivity index (χ0v) is 8.44. The second-order valence-corrected chi connectivity index (χ2v) is 3.42. The fourth-order valence-corrected chi connectivity index (χ4v) is 1.40. The second kappa shape index (κ2) is 4.60. The van der Waals surface area contributed by atoms with Gasteiger partial charge in [0.2, 0.25) is 0 Å². The summed E-state index contributed by atoms with van der Waals surface area (Å²) in [5, 5.41) is 7.52. The van der Waals surface area contributed by atoms with Crippen molar-refractivity contribution in [2.24, 2.45) is 0 Å². The van der Waals surface area contributed by atoms with Crippen LogP contribution < -0.4 is 4.74 Å². The van der Waals surface area contributed by atoms with Gasteiger partial charge in [-0.15, -0.1) is 0 Å². The average molecular weight is 199 g/mol. The number of benzene rings is 1. The Kier molecular flexibility index (Phi) is 2.98. The molecular weight excluding hydrogens is 186 g/mol. The van der Waals surface area contributed by atoms with Crippen molar-refractivity contribution in [3.63, 3.8) is 0 Å². The lowest BCUT2D eigenvalue weighted by Crippen LogP contribution is -1.91. The molecule has 0 unspecified atom stereocenters. The Morgan fingerprint density at radius 3 is 2.67 bits per heavy atom. The Morgan fingerprint density at radius 2 is 1.87 bits per heavy atom. The molecule has 2 heteroatoms. The summed E-state index contributed by atoms with van der Waals surface area (Å²) < 4.78 is 5.66. The zero-order chi connectivity index (χ0) is 10.5. The number of ether oxygens (including phenoxy) is 1. The molecule has 0 heterocycles. The summed E-state index contributed by atoms with van der Waals surface area (Å²) in [6.45, 7) is 0. The van der Waals surface area contributed by atoms with Crippen molar-refractivity contribution in [1.29, 1.82) is 5.41 Å². The highest BCUT2D eigenvalue weighted by Crippen LogP contribution is 2.16. The molecule has 0 atom stereocenters. The third kappa shape index (κ3) is 2.81. The van der Waals surface area contributed by atoms with Gasteiger partial charge in [0.05, 0.1) is 0 Å². The molecule has 1 N–H and O–H groups in total. The van der Waals surface area contributed by atoms with Crippen LogP contribution in [0, 0.1) is 5.41 Å². The van der Waals surface area contributed by atoms with Gasteiger partial charge in [-0.1, -0.05) is 18.2 Å². The average Bonchev–Trinajstić information content (AvgIpc) is 2.46. The van der Waals surface area contributed by atoms with Gasteiger partial charge in [-0.2, -0.15) is 0 Å². The molecule has 0 radical (unpaired) electrons. The molecule has 0 amide bonds. The van der Waals surface area contributed by atoms with Crippen molar-refractivity contribution in [2.75, 3.05) is 0 Å². The quantitative estimate of drug-likeness (QED) is 0.778. The molecule has 0 fully saturated rings. The Balaban J connectivity index is 2.09. The largest absolute Gasteiger partial charge is 0.458 e. The lowest BCUT2D eigenvalue weighted by atomic mass is 10.2. The molecule has 2 nitrogen and oxygen atoms in total. The fraction of sp³-hybridized carbons (Fsp3) is 0.154. The van der Waals surface area contributed by atoms with Crippen LogP contribution in [0.2, 0.25) is 0 Å². The van der Waals surface area contributed by atoms with Crippen LogP contribution in [0.25, 0.3) is 0 Å². The fourth-order valence-electron chi connectivity index (χ4n) is 1.40. The highest BCUT2D eigenvalue weighted by molar-refractivity contribution is 5.93. The molecule has 0 aliphatic heterocycles. The van der Waals surface area contributed by atoms with Crippen LogP contribution in [0.4, 0.5) is 0 Å². The molecular formula is C13H13NO. The van der Waals surface area contributed by atoms with Gasteiger partial charge in [0.1, 0.15) is 11.5 Å². The number of hydrogen-bond acceptors (Lipinski definition) is 2. The lowest BCUT2D eigenvalue weighted by molar-refractivity contribution is 0.442. The number of rotatable bonds is 2. The van der Waals surface area contributed by atoms with E-state index in [-0.39, 0.29) is 0 Å². The van der Waals surface area contributed by atoms with Gasteiger partial charge in [0, 0.05) is 5.71 Å². The number of para-hydroxylation sites is 1. The molecule has 0 saturated heterocycles. The first-order valence-corrected chi connectivity index (χ1v) is 5.03. The minimum absolute atomic E-state index is 0.651. The second-order valence-electron chi connectivity index (χ2n) is 3.42. The maximum atomic E-state index is 7.52. The molecule has 0 aromatic heterocycles. The highest BCUT2D eigenvalue weighted by atomic mass is 16.5. The van der Waals surface area contributed by atoms with E-state index in [1.54, 1.807) is 6.08 Å². The van der Waals surface area contributed by atoms with E-state index >= 15 is 0 Å². The monoisotopic (exact) mass is 199 g/mol. The summed E-state index contributed by atoms with van der Waals surface area (Å²) >= 11 is 0. The molecule has 76 valence electrons. The Morgan fingerprint density at radius 1 is 1.07 bits per heavy atom. The molecule has 1 aromatic carbocycles. The predicted octanol–water partition coefficient (Wildman–Crippen LogP) is 3.32. The van der Waals surface area contributed by atoms with Crippen molar-refractivity contribution in [3.05, 3.63) is 54.3 Å². The van der Waals surface area contributed by atoms with Crippen molar-refractivity contribution < 1.29 is 4.74 Å². The van der Waals surface area contributed by atoms with Crippen molar-refractivity contribution in [2.45, 2.75) is 12.8 Å². The van der Waals surface area contributed by atoms with Gasteiger partial charge >= 0.3 is 0 Å². The van der Waals surface area contributed by atoms with E-state index in [4.69, 9.17) is 10.1 Å². The highest BCUT2D eigenvalue weighted by Gasteiger charge is 2.01. The van der Waals surface area contributed by atoms with Gasteiger partial charge in [-0.3, -0.25) is 0 Å². The number of hydrogen-bond donors (Lipinski definition) is 1. The van der Waals surface area contributed by atoms with Crippen LogP contribution in [0.15, 0.2) is 54.3 Å². The van der Waals surface area contributed by atoms with Gasteiger partial charge in [-0.05, 0) is 43.2 Å². The first-order valence-electron chi connectivity index (χ1n) is 5.03. The maximum Gasteiger partial charge on any atom is 0.127 e. The van der Waals surface area contributed by atoms with Crippen LogP contribution in [0.1, 0.15) is 12.8 Å². The summed E-state index contributed by atoms with van der Waals surface area (Å²) in [6.07, 6.45) is 7.32. The van der Waals surface area contributed by atoms with Crippen LogP contribution in [0.3, 0.4) is 0 Å². The topological polar surface area (TPSA) is 33.1 Å². The Labute approximate surface area is 89.4 Å². The van der Waals surface area contributed by atoms with Gasteiger partial charge in [-0.25, -0.2) is 0 Å². The minimum Gasteiger partial charge on any atom is -0.458 e. The van der Waals surface area contributed by atoms with Crippen molar-refractivity contribution in [3.8, 4) is 5.75 Å². The zero-order valence-electron chi connectivity index (χ0n) is 8.44. The molecule has 2 rings (SSSR count). The SMILES string of the molecule is N=C1C=CC(Oc2ccccc2)=CCC1. The lowest BCUT2D eigenvalue weighted by Gasteiger charge is -2.04. The number of nitrogens with one attached hydrogen (secondary N) is 1. The summed E-state index contributed by atoms with van der Waals surface area (Å²) in [6, 6.07) is 9.69. The van der Waals surface area contributed by atoms with Gasteiger partial charge in [0.15, 0.2) is 0 Å².